The van der Waals surface area contributed by atoms with Crippen LogP contribution in [0.4, 0.5) is 16.2 Å². The minimum Gasteiger partial charge on any atom is -0.448 e. The Morgan fingerprint density at radius 1 is 1.37 bits per heavy atom. The number of ether oxygens (including phenoxy) is 1. The van der Waals surface area contributed by atoms with Crippen molar-refractivity contribution in [1.29, 1.82) is 0 Å². The highest BCUT2D eigenvalue weighted by Gasteiger charge is 2.10. The lowest BCUT2D eigenvalue weighted by Crippen LogP contribution is -2.22. The monoisotopic (exact) mass is 266 g/mol. The maximum atomic E-state index is 11.8. The number of nitrogens with zero attached hydrogens (tertiary/aromatic N) is 1. The first-order valence-electron chi connectivity index (χ1n) is 5.69. The van der Waals surface area contributed by atoms with Crippen molar-refractivity contribution in [3.63, 3.8) is 0 Å². The van der Waals surface area contributed by atoms with E-state index in [0.29, 0.717) is 23.5 Å². The van der Waals surface area contributed by atoms with E-state index in [2.05, 4.69) is 10.1 Å². The van der Waals surface area contributed by atoms with Crippen molar-refractivity contribution >= 4 is 23.4 Å². The lowest BCUT2D eigenvalue weighted by atomic mass is 10.1. The summed E-state index contributed by atoms with van der Waals surface area (Å²) in [6.07, 6.45) is -0.827. The van der Waals surface area contributed by atoms with Crippen LogP contribution in [0.5, 0.6) is 0 Å². The number of nitrogens with two attached hydrogens (primary N) is 2. The quantitative estimate of drug-likeness (QED) is 0.530. The molecule has 0 spiro atoms. The molecule has 1 aromatic rings. The first-order valence-corrected chi connectivity index (χ1v) is 5.69. The van der Waals surface area contributed by atoms with Crippen LogP contribution < -0.4 is 16.8 Å². The molecule has 1 rings (SSSR count). The van der Waals surface area contributed by atoms with E-state index in [4.69, 9.17) is 11.5 Å². The fourth-order valence-corrected chi connectivity index (χ4v) is 1.44. The molecule has 7 nitrogen and oxygen atoms in total. The molecular formula is C12H18N4O3. The Morgan fingerprint density at radius 3 is 2.63 bits per heavy atom. The van der Waals surface area contributed by atoms with Crippen molar-refractivity contribution in [3.8, 4) is 0 Å². The van der Waals surface area contributed by atoms with Gasteiger partial charge in [-0.05, 0) is 18.2 Å². The highest BCUT2D eigenvalue weighted by atomic mass is 16.5. The number of amides is 2. The third-order valence-electron chi connectivity index (χ3n) is 2.37. The molecule has 0 unspecified atom stereocenters. The second-order valence-corrected chi connectivity index (χ2v) is 4.10. The third-order valence-corrected chi connectivity index (χ3v) is 2.37. The van der Waals surface area contributed by atoms with Crippen LogP contribution in [0, 0.1) is 0 Å². The number of carbonyl (C=O) groups is 2. The minimum absolute atomic E-state index is 0.114. The summed E-state index contributed by atoms with van der Waals surface area (Å²) in [4.78, 5) is 23.7. The third kappa shape index (κ3) is 4.38. The molecule has 5 N–H and O–H groups in total. The molecule has 0 heterocycles. The summed E-state index contributed by atoms with van der Waals surface area (Å²) in [5.41, 5.74) is 12.3. The van der Waals surface area contributed by atoms with Crippen LogP contribution in [0.25, 0.3) is 0 Å². The lowest BCUT2D eigenvalue weighted by Gasteiger charge is -2.13. The number of nitrogen functional groups attached to an aromatic ring is 1. The molecule has 7 heteroatoms. The predicted octanol–water partition coefficient (Wildman–Crippen LogP) is 0.478. The molecule has 0 bridgehead atoms. The van der Waals surface area contributed by atoms with Gasteiger partial charge in [-0.3, -0.25) is 4.79 Å². The summed E-state index contributed by atoms with van der Waals surface area (Å²) in [5, 5.41) is 2.97. The largest absolute Gasteiger partial charge is 0.448 e. The number of nitrogens with one attached hydrogen (secondary N) is 1. The number of anilines is 2. The standard InChI is InChI=1S/C12H18N4O3/c1-16(2)11(17)8-3-4-9(13)10(7-8)15-5-6-19-12(14)18/h3-4,7,15H,5-6,13H2,1-2H3,(H2,14,18). The highest BCUT2D eigenvalue weighted by Crippen LogP contribution is 2.20. The summed E-state index contributed by atoms with van der Waals surface area (Å²) >= 11 is 0. The van der Waals surface area contributed by atoms with Crippen molar-refractivity contribution in [2.45, 2.75) is 0 Å². The molecule has 0 aliphatic carbocycles. The molecule has 104 valence electrons. The molecule has 0 saturated carbocycles. The van der Waals surface area contributed by atoms with Gasteiger partial charge in [0.1, 0.15) is 6.61 Å². The Hall–Kier alpha value is -2.44. The number of primary amides is 1. The molecular weight excluding hydrogens is 248 g/mol. The molecule has 0 fully saturated rings. The van der Waals surface area contributed by atoms with Crippen molar-refractivity contribution < 1.29 is 14.3 Å². The molecule has 0 aliphatic rings. The van der Waals surface area contributed by atoms with E-state index in [0.717, 1.165) is 0 Å². The van der Waals surface area contributed by atoms with Gasteiger partial charge in [-0.1, -0.05) is 0 Å². The van der Waals surface area contributed by atoms with Gasteiger partial charge in [0.25, 0.3) is 5.91 Å². The Bertz CT molecular complexity index is 474. The van der Waals surface area contributed by atoms with E-state index in [1.54, 1.807) is 32.3 Å². The predicted molar refractivity (Wildman–Crippen MR) is 72.9 cm³/mol. The van der Waals surface area contributed by atoms with Crippen molar-refractivity contribution in [2.24, 2.45) is 5.73 Å². The first-order chi connectivity index (χ1) is 8.91. The van der Waals surface area contributed by atoms with Crippen LogP contribution in [0.2, 0.25) is 0 Å². The fourth-order valence-electron chi connectivity index (χ4n) is 1.44. The second-order valence-electron chi connectivity index (χ2n) is 4.10. The van der Waals surface area contributed by atoms with Crippen molar-refractivity contribution in [3.05, 3.63) is 23.8 Å². The number of hydrogen-bond acceptors (Lipinski definition) is 5. The van der Waals surface area contributed by atoms with Crippen LogP contribution in [0.15, 0.2) is 18.2 Å². The number of carbonyl (C=O) groups excluding carboxylic acids is 2. The van der Waals surface area contributed by atoms with Gasteiger partial charge in [0.2, 0.25) is 0 Å². The summed E-state index contributed by atoms with van der Waals surface area (Å²) in [7, 11) is 3.35. The van der Waals surface area contributed by atoms with Gasteiger partial charge in [0.15, 0.2) is 0 Å². The fraction of sp³-hybridized carbons (Fsp3) is 0.333. The summed E-state index contributed by atoms with van der Waals surface area (Å²) < 4.78 is 4.58. The molecule has 0 radical (unpaired) electrons. The molecule has 2 amide bonds. The Morgan fingerprint density at radius 2 is 2.05 bits per heavy atom. The maximum Gasteiger partial charge on any atom is 0.404 e. The van der Waals surface area contributed by atoms with Gasteiger partial charge < -0.3 is 26.4 Å². The van der Waals surface area contributed by atoms with Gasteiger partial charge in [-0.15, -0.1) is 0 Å². The van der Waals surface area contributed by atoms with Crippen molar-refractivity contribution in [1.82, 2.24) is 4.90 Å². The number of benzene rings is 1. The zero-order valence-corrected chi connectivity index (χ0v) is 11.0. The van der Waals surface area contributed by atoms with Crippen LogP contribution in [-0.2, 0) is 4.74 Å². The first kappa shape index (κ1) is 14.6. The molecule has 0 saturated heterocycles. The van der Waals surface area contributed by atoms with Crippen LogP contribution in [0.1, 0.15) is 10.4 Å². The van der Waals surface area contributed by atoms with Crippen LogP contribution >= 0.6 is 0 Å². The zero-order valence-electron chi connectivity index (χ0n) is 11.0. The zero-order chi connectivity index (χ0) is 14.4. The maximum absolute atomic E-state index is 11.8. The van der Waals surface area contributed by atoms with Crippen LogP contribution in [0.3, 0.4) is 0 Å². The molecule has 19 heavy (non-hydrogen) atoms. The van der Waals surface area contributed by atoms with Gasteiger partial charge >= 0.3 is 6.09 Å². The Labute approximate surface area is 111 Å². The number of hydrogen-bond donors (Lipinski definition) is 3. The topological polar surface area (TPSA) is 111 Å². The summed E-state index contributed by atoms with van der Waals surface area (Å²) in [6, 6.07) is 4.96. The van der Waals surface area contributed by atoms with Gasteiger partial charge in [-0.25, -0.2) is 4.79 Å². The highest BCUT2D eigenvalue weighted by molar-refractivity contribution is 5.95. The molecule has 1 aromatic carbocycles. The molecule has 0 aromatic heterocycles. The normalized spacial score (nSPS) is 9.79. The lowest BCUT2D eigenvalue weighted by molar-refractivity contribution is 0.0827. The van der Waals surface area contributed by atoms with Gasteiger partial charge in [0, 0.05) is 26.2 Å². The SMILES string of the molecule is CN(C)C(=O)c1ccc(N)c(NCCOC(N)=O)c1. The Balaban J connectivity index is 2.69. The molecule has 0 atom stereocenters. The molecule has 0 aliphatic heterocycles. The second kappa shape index (κ2) is 6.48. The van der Waals surface area contributed by atoms with E-state index in [-0.39, 0.29) is 12.5 Å². The number of rotatable bonds is 5. The van der Waals surface area contributed by atoms with E-state index < -0.39 is 6.09 Å². The van der Waals surface area contributed by atoms with Gasteiger partial charge in [-0.2, -0.15) is 0 Å². The average Bonchev–Trinajstić information content (AvgIpc) is 2.35. The minimum atomic E-state index is -0.827. The van der Waals surface area contributed by atoms with E-state index in [1.807, 2.05) is 0 Å². The summed E-state index contributed by atoms with van der Waals surface area (Å²) in [5.74, 6) is -0.114. The smallest absolute Gasteiger partial charge is 0.404 e. The van der Waals surface area contributed by atoms with E-state index in [9.17, 15) is 9.59 Å². The van der Waals surface area contributed by atoms with Crippen LogP contribution in [-0.4, -0.2) is 44.1 Å². The summed E-state index contributed by atoms with van der Waals surface area (Å²) in [6.45, 7) is 0.480. The Kier molecular flexibility index (Phi) is 4.99. The van der Waals surface area contributed by atoms with Crippen molar-refractivity contribution in [2.75, 3.05) is 38.3 Å². The average molecular weight is 266 g/mol. The van der Waals surface area contributed by atoms with E-state index in [1.165, 1.54) is 4.90 Å². The van der Waals surface area contributed by atoms with Gasteiger partial charge in [0.05, 0.1) is 11.4 Å². The van der Waals surface area contributed by atoms with E-state index >= 15 is 0 Å².